The Bertz CT molecular complexity index is 435. The van der Waals surface area contributed by atoms with Gasteiger partial charge in [-0.25, -0.2) is 0 Å². The van der Waals surface area contributed by atoms with Gasteiger partial charge in [-0.05, 0) is 23.7 Å². The zero-order valence-corrected chi connectivity index (χ0v) is 37.6. The fourth-order valence-electron chi connectivity index (χ4n) is 6.01. The highest BCUT2D eigenvalue weighted by Crippen LogP contribution is 2.34. The van der Waals surface area contributed by atoms with E-state index in [1.54, 1.807) is 0 Å². The smallest absolute Gasteiger partial charge is 0.0329 e. The molecule has 0 spiro atoms. The van der Waals surface area contributed by atoms with Crippen LogP contribution in [-0.2, 0) is 0 Å². The van der Waals surface area contributed by atoms with Crippen molar-refractivity contribution in [1.82, 2.24) is 0 Å². The van der Waals surface area contributed by atoms with Gasteiger partial charge < -0.3 is 0 Å². The molecule has 0 aliphatic heterocycles. The van der Waals surface area contributed by atoms with Crippen molar-refractivity contribution >= 4 is 0 Å². The van der Waals surface area contributed by atoms with E-state index in [9.17, 15) is 0 Å². The highest BCUT2D eigenvalue weighted by molar-refractivity contribution is 4.73. The average Bonchev–Trinajstić information content (AvgIpc) is 3.11. The van der Waals surface area contributed by atoms with Crippen molar-refractivity contribution in [3.05, 3.63) is 0 Å². The SMILES string of the molecule is CC.CC1CCCCC1.CCCCC(C)(C)C(C)CC.CCCCCC.CCCCCCCC.CCCCCCCCCCCCCC. The molecule has 0 amide bonds. The Morgan fingerprint density at radius 2 is 0.667 bits per heavy atom. The Hall–Kier alpha value is 0. The first-order valence-electron chi connectivity index (χ1n) is 23.2. The molecule has 0 aromatic heterocycles. The van der Waals surface area contributed by atoms with E-state index in [0.717, 1.165) is 11.8 Å². The number of hydrogen-bond donors (Lipinski definition) is 0. The zero-order chi connectivity index (χ0) is 37.6. The normalized spacial score (nSPS) is 13.1. The molecule has 1 fully saturated rings. The van der Waals surface area contributed by atoms with Crippen LogP contribution in [0.5, 0.6) is 0 Å². The van der Waals surface area contributed by atoms with Crippen molar-refractivity contribution in [2.75, 3.05) is 0 Å². The second kappa shape index (κ2) is 53.8. The molecule has 0 saturated heterocycles. The van der Waals surface area contributed by atoms with Crippen LogP contribution in [0.2, 0.25) is 0 Å². The first-order valence-corrected chi connectivity index (χ1v) is 23.2. The summed E-state index contributed by atoms with van der Waals surface area (Å²) in [6.45, 7) is 31.6. The summed E-state index contributed by atoms with van der Waals surface area (Å²) < 4.78 is 0. The highest BCUT2D eigenvalue weighted by Gasteiger charge is 2.23. The number of unbranched alkanes of at least 4 members (excludes halogenated alkanes) is 20. The molecular formula is C48H106. The van der Waals surface area contributed by atoms with Crippen molar-refractivity contribution in [1.29, 1.82) is 0 Å². The highest BCUT2D eigenvalue weighted by atomic mass is 14.3. The van der Waals surface area contributed by atoms with E-state index in [1.807, 2.05) is 13.8 Å². The Labute approximate surface area is 312 Å². The van der Waals surface area contributed by atoms with E-state index in [4.69, 9.17) is 0 Å². The second-order valence-corrected chi connectivity index (χ2v) is 15.8. The van der Waals surface area contributed by atoms with Crippen LogP contribution in [0.4, 0.5) is 0 Å². The van der Waals surface area contributed by atoms with Crippen molar-refractivity contribution in [2.45, 2.75) is 296 Å². The first-order chi connectivity index (χ1) is 23.2. The minimum absolute atomic E-state index is 0.560. The zero-order valence-electron chi connectivity index (χ0n) is 37.6. The van der Waals surface area contributed by atoms with Crippen molar-refractivity contribution in [2.24, 2.45) is 17.3 Å². The van der Waals surface area contributed by atoms with Crippen LogP contribution in [0.3, 0.4) is 0 Å². The first kappa shape index (κ1) is 57.3. The van der Waals surface area contributed by atoms with Gasteiger partial charge in [0.15, 0.2) is 0 Å². The van der Waals surface area contributed by atoms with Crippen LogP contribution in [-0.4, -0.2) is 0 Å². The number of hydrogen-bond acceptors (Lipinski definition) is 0. The number of rotatable bonds is 24. The fourth-order valence-corrected chi connectivity index (χ4v) is 6.01. The Morgan fingerprint density at radius 3 is 0.875 bits per heavy atom. The van der Waals surface area contributed by atoms with Crippen LogP contribution < -0.4 is 0 Å². The molecule has 0 radical (unpaired) electrons. The Balaban J connectivity index is -0.000000163. The molecule has 0 heterocycles. The van der Waals surface area contributed by atoms with Gasteiger partial charge >= 0.3 is 0 Å². The van der Waals surface area contributed by atoms with Crippen LogP contribution in [0.25, 0.3) is 0 Å². The molecule has 0 heteroatoms. The van der Waals surface area contributed by atoms with Crippen molar-refractivity contribution in [3.8, 4) is 0 Å². The quantitative estimate of drug-likeness (QED) is 0.0889. The average molecular weight is 683 g/mol. The molecule has 1 rings (SSSR count). The molecule has 1 atom stereocenters. The predicted octanol–water partition coefficient (Wildman–Crippen LogP) is 19.5. The standard InChI is InChI=1S/C14H30.C11H24.C8H18.C7H14.C6H14.C2H6/c1-3-5-7-9-11-13-14-12-10-8-6-4-2;1-6-8-9-11(4,5)10(3)7-2;1-3-5-7-8-6-4-2;1-7-5-3-2-4-6-7;1-3-5-6-4-2;1-2/h3-14H2,1-2H3;10H,6-9H2,1-5H3;3-8H2,1-2H3;7H,2-6H2,1H3;3-6H2,1-2H3;1-2H3. The third kappa shape index (κ3) is 58.2. The van der Waals surface area contributed by atoms with Crippen LogP contribution in [0, 0.1) is 17.3 Å². The minimum Gasteiger partial charge on any atom is -0.0683 e. The van der Waals surface area contributed by atoms with Gasteiger partial charge in [0.1, 0.15) is 0 Å². The van der Waals surface area contributed by atoms with Gasteiger partial charge in [0, 0.05) is 0 Å². The maximum atomic E-state index is 2.40. The lowest BCUT2D eigenvalue weighted by Crippen LogP contribution is -2.20. The van der Waals surface area contributed by atoms with E-state index in [0.29, 0.717) is 5.41 Å². The maximum absolute atomic E-state index is 2.40. The monoisotopic (exact) mass is 683 g/mol. The Kier molecular flexibility index (Phi) is 64.3. The van der Waals surface area contributed by atoms with Crippen molar-refractivity contribution in [3.63, 3.8) is 0 Å². The van der Waals surface area contributed by atoms with Gasteiger partial charge in [-0.1, -0.05) is 290 Å². The molecule has 1 aliphatic carbocycles. The summed E-state index contributed by atoms with van der Waals surface area (Å²) in [6.07, 6.45) is 44.3. The third-order valence-electron chi connectivity index (χ3n) is 10.4. The topological polar surface area (TPSA) is 0 Å². The van der Waals surface area contributed by atoms with Gasteiger partial charge in [0.05, 0.1) is 0 Å². The maximum Gasteiger partial charge on any atom is -0.0329 e. The van der Waals surface area contributed by atoms with Gasteiger partial charge in [0.25, 0.3) is 0 Å². The van der Waals surface area contributed by atoms with Crippen LogP contribution in [0.15, 0.2) is 0 Å². The molecule has 0 nitrogen and oxygen atoms in total. The lowest BCUT2D eigenvalue weighted by atomic mass is 9.75. The van der Waals surface area contributed by atoms with Gasteiger partial charge in [-0.2, -0.15) is 0 Å². The van der Waals surface area contributed by atoms with Crippen molar-refractivity contribution < 1.29 is 0 Å². The summed E-state index contributed by atoms with van der Waals surface area (Å²) in [7, 11) is 0. The van der Waals surface area contributed by atoms with E-state index in [-0.39, 0.29) is 0 Å². The molecule has 1 unspecified atom stereocenters. The Morgan fingerprint density at radius 1 is 0.417 bits per heavy atom. The molecule has 0 N–H and O–H groups in total. The summed E-state index contributed by atoms with van der Waals surface area (Å²) in [5.41, 5.74) is 0.560. The molecule has 298 valence electrons. The van der Waals surface area contributed by atoms with Crippen LogP contribution in [0.1, 0.15) is 296 Å². The largest absolute Gasteiger partial charge is 0.0683 e. The lowest BCUT2D eigenvalue weighted by Gasteiger charge is -2.31. The summed E-state index contributed by atoms with van der Waals surface area (Å²) in [5.74, 6) is 1.91. The molecular weight excluding hydrogens is 577 g/mol. The molecule has 1 saturated carbocycles. The van der Waals surface area contributed by atoms with E-state index in [1.165, 1.54) is 199 Å². The summed E-state index contributed by atoms with van der Waals surface area (Å²) in [4.78, 5) is 0. The molecule has 0 bridgehead atoms. The third-order valence-corrected chi connectivity index (χ3v) is 10.4. The van der Waals surface area contributed by atoms with Gasteiger partial charge in [-0.15, -0.1) is 0 Å². The van der Waals surface area contributed by atoms with Gasteiger partial charge in [0.2, 0.25) is 0 Å². The fraction of sp³-hybridized carbons (Fsp3) is 1.00. The molecule has 1 aliphatic rings. The van der Waals surface area contributed by atoms with Gasteiger partial charge in [-0.3, -0.25) is 0 Å². The molecule has 48 heavy (non-hydrogen) atoms. The van der Waals surface area contributed by atoms with E-state index in [2.05, 4.69) is 83.1 Å². The lowest BCUT2D eigenvalue weighted by molar-refractivity contribution is 0.200. The molecule has 0 aromatic rings. The molecule has 0 aromatic carbocycles. The summed E-state index contributed by atoms with van der Waals surface area (Å²) >= 11 is 0. The second-order valence-electron chi connectivity index (χ2n) is 15.8. The summed E-state index contributed by atoms with van der Waals surface area (Å²) in [6, 6.07) is 0. The van der Waals surface area contributed by atoms with E-state index >= 15 is 0 Å². The van der Waals surface area contributed by atoms with Crippen LogP contribution >= 0.6 is 0 Å². The van der Waals surface area contributed by atoms with E-state index < -0.39 is 0 Å². The summed E-state index contributed by atoms with van der Waals surface area (Å²) in [5, 5.41) is 0. The minimum atomic E-state index is 0.560. The predicted molar refractivity (Wildman–Crippen MR) is 232 cm³/mol.